The van der Waals surface area contributed by atoms with Crippen molar-refractivity contribution in [3.8, 4) is 0 Å². The summed E-state index contributed by atoms with van der Waals surface area (Å²) in [5.74, 6) is -0.0569. The smallest absolute Gasteiger partial charge is 0.245 e. The maximum absolute atomic E-state index is 12.6. The first kappa shape index (κ1) is 17.5. The number of methoxy groups -OCH3 is 1. The zero-order valence-electron chi connectivity index (χ0n) is 14.8. The van der Waals surface area contributed by atoms with E-state index in [1.54, 1.807) is 12.0 Å². The van der Waals surface area contributed by atoms with Crippen LogP contribution in [0.15, 0.2) is 30.5 Å². The van der Waals surface area contributed by atoms with Gasteiger partial charge in [0, 0.05) is 43.7 Å². The van der Waals surface area contributed by atoms with E-state index < -0.39 is 5.54 Å². The van der Waals surface area contributed by atoms with Gasteiger partial charge in [0.1, 0.15) is 5.54 Å². The van der Waals surface area contributed by atoms with Crippen molar-refractivity contribution in [2.45, 2.75) is 31.7 Å². The number of ether oxygens (including phenoxy) is 1. The van der Waals surface area contributed by atoms with E-state index in [0.29, 0.717) is 32.5 Å². The molecule has 0 unspecified atom stereocenters. The lowest BCUT2D eigenvalue weighted by Crippen LogP contribution is -2.55. The van der Waals surface area contributed by atoms with Gasteiger partial charge in [-0.15, -0.1) is 0 Å². The van der Waals surface area contributed by atoms with Crippen molar-refractivity contribution < 1.29 is 14.3 Å². The lowest BCUT2D eigenvalue weighted by atomic mass is 9.97. The van der Waals surface area contributed by atoms with Crippen LogP contribution < -0.4 is 5.32 Å². The molecule has 1 fully saturated rings. The summed E-state index contributed by atoms with van der Waals surface area (Å²) in [6, 6.07) is 8.11. The van der Waals surface area contributed by atoms with Gasteiger partial charge in [0.05, 0.1) is 6.61 Å². The number of aromatic nitrogens is 1. The summed E-state index contributed by atoms with van der Waals surface area (Å²) >= 11 is 0. The minimum absolute atomic E-state index is 0.0456. The molecule has 6 heteroatoms. The highest BCUT2D eigenvalue weighted by atomic mass is 16.5. The zero-order valence-corrected chi connectivity index (χ0v) is 14.8. The van der Waals surface area contributed by atoms with Crippen LogP contribution in [0, 0.1) is 0 Å². The van der Waals surface area contributed by atoms with Gasteiger partial charge in [0.2, 0.25) is 11.8 Å². The lowest BCUT2D eigenvalue weighted by molar-refractivity contribution is -0.140. The maximum atomic E-state index is 12.6. The van der Waals surface area contributed by atoms with Crippen molar-refractivity contribution >= 4 is 22.7 Å². The third kappa shape index (κ3) is 3.39. The van der Waals surface area contributed by atoms with E-state index in [1.165, 1.54) is 5.39 Å². The highest BCUT2D eigenvalue weighted by Crippen LogP contribution is 2.31. The van der Waals surface area contributed by atoms with Crippen LogP contribution in [0.1, 0.15) is 25.3 Å². The second-order valence-electron chi connectivity index (χ2n) is 6.68. The number of hydrogen-bond donors (Lipinski definition) is 2. The molecule has 2 heterocycles. The molecule has 3 rings (SSSR count). The van der Waals surface area contributed by atoms with Gasteiger partial charge in [-0.1, -0.05) is 18.2 Å². The predicted octanol–water partition coefficient (Wildman–Crippen LogP) is 1.85. The molecule has 0 spiro atoms. The summed E-state index contributed by atoms with van der Waals surface area (Å²) in [7, 11) is 1.60. The molecule has 6 nitrogen and oxygen atoms in total. The number of hydrogen-bond acceptors (Lipinski definition) is 3. The molecule has 1 aromatic carbocycles. The summed E-state index contributed by atoms with van der Waals surface area (Å²) in [6.45, 7) is 3.31. The van der Waals surface area contributed by atoms with E-state index in [-0.39, 0.29) is 11.8 Å². The number of benzene rings is 1. The Bertz CT molecular complexity index is 770. The number of carbonyl (C=O) groups excluding carboxylic acids is 2. The van der Waals surface area contributed by atoms with E-state index in [4.69, 9.17) is 4.74 Å². The Kier molecular flexibility index (Phi) is 5.08. The van der Waals surface area contributed by atoms with Crippen molar-refractivity contribution in [3.63, 3.8) is 0 Å². The SMILES string of the molecule is COCCNC(=O)[C@@]1(C)CCC(=O)N1CCc1c[nH]c2ccccc12. The Morgan fingerprint density at radius 3 is 3.00 bits per heavy atom. The third-order valence-electron chi connectivity index (χ3n) is 5.08. The number of amides is 2. The molecule has 1 aromatic heterocycles. The van der Waals surface area contributed by atoms with Crippen molar-refractivity contribution in [1.82, 2.24) is 15.2 Å². The molecule has 0 bridgehead atoms. The fraction of sp³-hybridized carbons (Fsp3) is 0.474. The molecule has 2 aromatic rings. The summed E-state index contributed by atoms with van der Waals surface area (Å²) < 4.78 is 4.97. The molecule has 1 aliphatic rings. The fourth-order valence-electron chi connectivity index (χ4n) is 3.53. The van der Waals surface area contributed by atoms with Gasteiger partial charge < -0.3 is 19.9 Å². The molecule has 0 radical (unpaired) electrons. The number of fused-ring (bicyclic) bond motifs is 1. The molecule has 2 amide bonds. The molecule has 0 saturated carbocycles. The number of aromatic amines is 1. The van der Waals surface area contributed by atoms with E-state index in [1.807, 2.05) is 31.3 Å². The molecule has 25 heavy (non-hydrogen) atoms. The summed E-state index contributed by atoms with van der Waals surface area (Å²) in [4.78, 5) is 30.0. The second-order valence-corrected chi connectivity index (χ2v) is 6.68. The van der Waals surface area contributed by atoms with E-state index in [9.17, 15) is 9.59 Å². The van der Waals surface area contributed by atoms with Crippen molar-refractivity contribution in [1.29, 1.82) is 0 Å². The number of nitrogens with zero attached hydrogens (tertiary/aromatic N) is 1. The first-order valence-corrected chi connectivity index (χ1v) is 8.69. The Hall–Kier alpha value is -2.34. The van der Waals surface area contributed by atoms with Gasteiger partial charge in [-0.3, -0.25) is 9.59 Å². The summed E-state index contributed by atoms with van der Waals surface area (Å²) in [6.07, 6.45) is 3.68. The third-order valence-corrected chi connectivity index (χ3v) is 5.08. The number of para-hydroxylation sites is 1. The Balaban J connectivity index is 1.70. The van der Waals surface area contributed by atoms with Crippen LogP contribution in [0.25, 0.3) is 10.9 Å². The number of likely N-dealkylation sites (tertiary alicyclic amines) is 1. The van der Waals surface area contributed by atoms with Crippen LogP contribution in [-0.2, 0) is 20.7 Å². The number of carbonyl (C=O) groups is 2. The Morgan fingerprint density at radius 1 is 1.40 bits per heavy atom. The van der Waals surface area contributed by atoms with Crippen molar-refractivity contribution in [2.24, 2.45) is 0 Å². The van der Waals surface area contributed by atoms with Crippen LogP contribution >= 0.6 is 0 Å². The number of rotatable bonds is 7. The fourth-order valence-corrected chi connectivity index (χ4v) is 3.53. The van der Waals surface area contributed by atoms with Crippen LogP contribution in [0.4, 0.5) is 0 Å². The average Bonchev–Trinajstić information content (AvgIpc) is 3.15. The Morgan fingerprint density at radius 2 is 2.20 bits per heavy atom. The van der Waals surface area contributed by atoms with Gasteiger partial charge in [0.25, 0.3) is 0 Å². The van der Waals surface area contributed by atoms with Gasteiger partial charge in [-0.25, -0.2) is 0 Å². The standard InChI is InChI=1S/C19H25N3O3/c1-19(18(24)20-10-12-25-2)9-7-17(23)22(19)11-8-14-13-21-16-6-4-3-5-15(14)16/h3-6,13,21H,7-12H2,1-2H3,(H,20,24)/t19-/m1/s1. The molecular formula is C19H25N3O3. The monoisotopic (exact) mass is 343 g/mol. The van der Waals surface area contributed by atoms with Crippen LogP contribution in [0.3, 0.4) is 0 Å². The second kappa shape index (κ2) is 7.27. The van der Waals surface area contributed by atoms with Crippen LogP contribution in [0.2, 0.25) is 0 Å². The van der Waals surface area contributed by atoms with Gasteiger partial charge in [-0.05, 0) is 31.4 Å². The Labute approximate surface area is 147 Å². The largest absolute Gasteiger partial charge is 0.383 e. The molecular weight excluding hydrogens is 318 g/mol. The minimum Gasteiger partial charge on any atom is -0.383 e. The maximum Gasteiger partial charge on any atom is 0.245 e. The minimum atomic E-state index is -0.781. The first-order valence-electron chi connectivity index (χ1n) is 8.69. The van der Waals surface area contributed by atoms with Crippen molar-refractivity contribution in [2.75, 3.05) is 26.8 Å². The quantitative estimate of drug-likeness (QED) is 0.754. The zero-order chi connectivity index (χ0) is 17.9. The molecule has 134 valence electrons. The van der Waals surface area contributed by atoms with E-state index in [2.05, 4.69) is 16.4 Å². The van der Waals surface area contributed by atoms with E-state index in [0.717, 1.165) is 17.5 Å². The topological polar surface area (TPSA) is 74.4 Å². The number of nitrogens with one attached hydrogen (secondary N) is 2. The predicted molar refractivity (Wildman–Crippen MR) is 96.2 cm³/mol. The lowest BCUT2D eigenvalue weighted by Gasteiger charge is -2.34. The van der Waals surface area contributed by atoms with Gasteiger partial charge >= 0.3 is 0 Å². The molecule has 1 aliphatic heterocycles. The van der Waals surface area contributed by atoms with Crippen molar-refractivity contribution in [3.05, 3.63) is 36.0 Å². The normalized spacial score (nSPS) is 20.4. The van der Waals surface area contributed by atoms with Crippen LogP contribution in [-0.4, -0.2) is 54.0 Å². The van der Waals surface area contributed by atoms with Gasteiger partial charge in [-0.2, -0.15) is 0 Å². The summed E-state index contributed by atoms with van der Waals surface area (Å²) in [5.41, 5.74) is 1.47. The molecule has 2 N–H and O–H groups in total. The van der Waals surface area contributed by atoms with E-state index >= 15 is 0 Å². The molecule has 0 aliphatic carbocycles. The molecule has 1 atom stereocenters. The highest BCUT2D eigenvalue weighted by molar-refractivity contribution is 5.94. The summed E-state index contributed by atoms with van der Waals surface area (Å²) in [5, 5.41) is 4.04. The van der Waals surface area contributed by atoms with Gasteiger partial charge in [0.15, 0.2) is 0 Å². The number of H-pyrrole nitrogens is 1. The first-order chi connectivity index (χ1) is 12.1. The highest BCUT2D eigenvalue weighted by Gasteiger charge is 2.46. The average molecular weight is 343 g/mol. The van der Waals surface area contributed by atoms with Crippen LogP contribution in [0.5, 0.6) is 0 Å². The molecule has 1 saturated heterocycles.